The molecule has 2 aromatic carbocycles. The Morgan fingerprint density at radius 1 is 1.07 bits per heavy atom. The number of hydrogen-bond donors (Lipinski definition) is 2. The Labute approximate surface area is 166 Å². The van der Waals surface area contributed by atoms with Crippen LogP contribution in [0.4, 0.5) is 13.2 Å². The van der Waals surface area contributed by atoms with Gasteiger partial charge in [0.05, 0.1) is 12.7 Å². The predicted octanol–water partition coefficient (Wildman–Crippen LogP) is 3.55. The highest BCUT2D eigenvalue weighted by molar-refractivity contribution is 5.95. The molecular weight excluding hydrogens is 385 g/mol. The van der Waals surface area contributed by atoms with Crippen LogP contribution in [-0.4, -0.2) is 25.0 Å². The van der Waals surface area contributed by atoms with Crippen LogP contribution in [0.25, 0.3) is 6.08 Å². The maximum Gasteiger partial charge on any atom is 0.416 e. The van der Waals surface area contributed by atoms with Gasteiger partial charge in [-0.1, -0.05) is 24.3 Å². The lowest BCUT2D eigenvalue weighted by atomic mass is 10.1. The third-order valence-corrected chi connectivity index (χ3v) is 4.04. The second-order valence-electron chi connectivity index (χ2n) is 6.25. The molecule has 5 nitrogen and oxygen atoms in total. The molecule has 2 rings (SSSR count). The molecule has 2 amide bonds. The highest BCUT2D eigenvalue weighted by Gasteiger charge is 2.29. The highest BCUT2D eigenvalue weighted by atomic mass is 19.4. The zero-order valence-corrected chi connectivity index (χ0v) is 15.9. The molecule has 1 unspecified atom stereocenters. The molecule has 0 saturated carbocycles. The molecule has 2 aromatic rings. The Bertz CT molecular complexity index is 860. The van der Waals surface area contributed by atoms with Crippen LogP contribution in [0.2, 0.25) is 0 Å². The number of hydrogen-bond acceptors (Lipinski definition) is 3. The van der Waals surface area contributed by atoms with Gasteiger partial charge in [0.1, 0.15) is 11.8 Å². The molecule has 0 aliphatic heterocycles. The normalized spacial score (nSPS) is 12.4. The van der Waals surface area contributed by atoms with Crippen LogP contribution < -0.4 is 15.4 Å². The number of alkyl halides is 3. The Balaban J connectivity index is 1.81. The molecule has 0 aliphatic carbocycles. The van der Waals surface area contributed by atoms with Crippen LogP contribution in [0.15, 0.2) is 54.6 Å². The molecule has 0 aliphatic rings. The number of carbonyl (C=O) groups excluding carboxylic acids is 2. The van der Waals surface area contributed by atoms with Crippen molar-refractivity contribution in [1.82, 2.24) is 10.6 Å². The van der Waals surface area contributed by atoms with Gasteiger partial charge in [-0.3, -0.25) is 9.59 Å². The van der Waals surface area contributed by atoms with Crippen molar-refractivity contribution in [2.45, 2.75) is 25.7 Å². The van der Waals surface area contributed by atoms with Crippen molar-refractivity contribution in [3.63, 3.8) is 0 Å². The number of nitrogens with one attached hydrogen (secondary N) is 2. The average Bonchev–Trinajstić information content (AvgIpc) is 2.70. The van der Waals surface area contributed by atoms with Crippen LogP contribution >= 0.6 is 0 Å². The summed E-state index contributed by atoms with van der Waals surface area (Å²) < 4.78 is 42.7. The predicted molar refractivity (Wildman–Crippen MR) is 103 cm³/mol. The molecule has 1 atom stereocenters. The standard InChI is InChI=1S/C21H21F3N2O3/c1-14(26-19(27)12-7-15-5-10-18(29-2)11-6-15)20(28)25-13-16-3-8-17(9-4-16)21(22,23)24/h3-12,14H,13H2,1-2H3,(H,25,28)(H,26,27)/b12-7+. The summed E-state index contributed by atoms with van der Waals surface area (Å²) in [7, 11) is 1.56. The van der Waals surface area contributed by atoms with Crippen molar-refractivity contribution in [2.75, 3.05) is 7.11 Å². The summed E-state index contributed by atoms with van der Waals surface area (Å²) in [5, 5.41) is 5.10. The molecule has 29 heavy (non-hydrogen) atoms. The van der Waals surface area contributed by atoms with Gasteiger partial charge >= 0.3 is 6.18 Å². The number of methoxy groups -OCH3 is 1. The number of rotatable bonds is 7. The Kier molecular flexibility index (Phi) is 7.41. The van der Waals surface area contributed by atoms with E-state index in [9.17, 15) is 22.8 Å². The fraction of sp³-hybridized carbons (Fsp3) is 0.238. The van der Waals surface area contributed by atoms with E-state index in [4.69, 9.17) is 4.74 Å². The van der Waals surface area contributed by atoms with Gasteiger partial charge in [-0.25, -0.2) is 0 Å². The third-order valence-electron chi connectivity index (χ3n) is 4.04. The molecular formula is C21H21F3N2O3. The van der Waals surface area contributed by atoms with Crippen molar-refractivity contribution in [3.8, 4) is 5.75 Å². The topological polar surface area (TPSA) is 67.4 Å². The number of ether oxygens (including phenoxy) is 1. The second-order valence-corrected chi connectivity index (χ2v) is 6.25. The van der Waals surface area contributed by atoms with E-state index in [0.717, 1.165) is 17.7 Å². The summed E-state index contributed by atoms with van der Waals surface area (Å²) in [6.07, 6.45) is -1.50. The highest BCUT2D eigenvalue weighted by Crippen LogP contribution is 2.29. The maximum atomic E-state index is 12.5. The van der Waals surface area contributed by atoms with E-state index in [2.05, 4.69) is 10.6 Å². The molecule has 0 aromatic heterocycles. The molecule has 0 fully saturated rings. The summed E-state index contributed by atoms with van der Waals surface area (Å²) in [5.41, 5.74) is 0.557. The Morgan fingerprint density at radius 2 is 1.69 bits per heavy atom. The van der Waals surface area contributed by atoms with E-state index in [1.165, 1.54) is 25.1 Å². The number of benzene rings is 2. The molecule has 154 valence electrons. The smallest absolute Gasteiger partial charge is 0.416 e. The Hall–Kier alpha value is -3.29. The zero-order valence-electron chi connectivity index (χ0n) is 15.9. The minimum absolute atomic E-state index is 0.0544. The molecule has 0 radical (unpaired) electrons. The zero-order chi connectivity index (χ0) is 21.4. The summed E-state index contributed by atoms with van der Waals surface area (Å²) in [6, 6.07) is 10.8. The fourth-order valence-corrected chi connectivity index (χ4v) is 2.37. The van der Waals surface area contributed by atoms with E-state index in [1.54, 1.807) is 37.5 Å². The van der Waals surface area contributed by atoms with Gasteiger partial charge in [0, 0.05) is 12.6 Å². The summed E-state index contributed by atoms with van der Waals surface area (Å²) in [4.78, 5) is 24.0. The molecule has 8 heteroatoms. The van der Waals surface area contributed by atoms with E-state index in [1.807, 2.05) is 0 Å². The first-order valence-electron chi connectivity index (χ1n) is 8.75. The van der Waals surface area contributed by atoms with Gasteiger partial charge in [0.25, 0.3) is 0 Å². The first-order chi connectivity index (χ1) is 13.7. The van der Waals surface area contributed by atoms with E-state index in [0.29, 0.717) is 11.3 Å². The van der Waals surface area contributed by atoms with E-state index >= 15 is 0 Å². The third kappa shape index (κ3) is 6.99. The molecule has 0 spiro atoms. The van der Waals surface area contributed by atoms with Crippen molar-refractivity contribution in [3.05, 3.63) is 71.3 Å². The van der Waals surface area contributed by atoms with E-state index < -0.39 is 29.6 Å². The lowest BCUT2D eigenvalue weighted by molar-refractivity contribution is -0.137. The van der Waals surface area contributed by atoms with Crippen molar-refractivity contribution in [1.29, 1.82) is 0 Å². The van der Waals surface area contributed by atoms with Crippen LogP contribution in [0, 0.1) is 0 Å². The SMILES string of the molecule is COc1ccc(/C=C/C(=O)NC(C)C(=O)NCc2ccc(C(F)(F)F)cc2)cc1. The van der Waals surface area contributed by atoms with Crippen LogP contribution in [0.3, 0.4) is 0 Å². The van der Waals surface area contributed by atoms with Gasteiger partial charge in [0.15, 0.2) is 0 Å². The number of halogens is 3. The first kappa shape index (κ1) is 22.0. The van der Waals surface area contributed by atoms with Crippen LogP contribution in [-0.2, 0) is 22.3 Å². The van der Waals surface area contributed by atoms with Crippen molar-refractivity contribution >= 4 is 17.9 Å². The average molecular weight is 406 g/mol. The molecule has 2 N–H and O–H groups in total. The number of amides is 2. The van der Waals surface area contributed by atoms with Gasteiger partial charge < -0.3 is 15.4 Å². The van der Waals surface area contributed by atoms with Gasteiger partial charge in [0.2, 0.25) is 11.8 Å². The molecule has 0 saturated heterocycles. The van der Waals surface area contributed by atoms with Crippen molar-refractivity contribution in [2.24, 2.45) is 0 Å². The van der Waals surface area contributed by atoms with Gasteiger partial charge in [-0.2, -0.15) is 13.2 Å². The monoisotopic (exact) mass is 406 g/mol. The lowest BCUT2D eigenvalue weighted by Gasteiger charge is -2.13. The first-order valence-corrected chi connectivity index (χ1v) is 8.75. The fourth-order valence-electron chi connectivity index (χ4n) is 2.37. The second kappa shape index (κ2) is 9.77. The van der Waals surface area contributed by atoms with Crippen LogP contribution in [0.5, 0.6) is 5.75 Å². The molecule has 0 heterocycles. The largest absolute Gasteiger partial charge is 0.497 e. The summed E-state index contributed by atoms with van der Waals surface area (Å²) >= 11 is 0. The van der Waals surface area contributed by atoms with Gasteiger partial charge in [-0.05, 0) is 48.4 Å². The maximum absolute atomic E-state index is 12.5. The van der Waals surface area contributed by atoms with Crippen molar-refractivity contribution < 1.29 is 27.5 Å². The minimum Gasteiger partial charge on any atom is -0.497 e. The van der Waals surface area contributed by atoms with E-state index in [-0.39, 0.29) is 6.54 Å². The minimum atomic E-state index is -4.40. The Morgan fingerprint density at radius 3 is 2.24 bits per heavy atom. The lowest BCUT2D eigenvalue weighted by Crippen LogP contribution is -2.44. The summed E-state index contributed by atoms with van der Waals surface area (Å²) in [6.45, 7) is 1.57. The van der Waals surface area contributed by atoms with Gasteiger partial charge in [-0.15, -0.1) is 0 Å². The quantitative estimate of drug-likeness (QED) is 0.691. The summed E-state index contributed by atoms with van der Waals surface area (Å²) in [5.74, 6) is -0.195. The molecule has 0 bridgehead atoms. The number of carbonyl (C=O) groups is 2. The van der Waals surface area contributed by atoms with Crippen LogP contribution in [0.1, 0.15) is 23.6 Å².